The first kappa shape index (κ1) is 39.0. The molecule has 0 bridgehead atoms. The minimum Gasteiger partial charge on any atom is -0.368 e. The Bertz CT molecular complexity index is 2370. The van der Waals surface area contributed by atoms with E-state index in [9.17, 15) is 26.4 Å². The summed E-state index contributed by atoms with van der Waals surface area (Å²) in [6.07, 6.45) is -5.71. The maximum Gasteiger partial charge on any atom is 0.330 e. The van der Waals surface area contributed by atoms with Crippen LogP contribution in [0.1, 0.15) is 34.0 Å². The fourth-order valence-electron chi connectivity index (χ4n) is 5.87. The molecule has 5 aromatic rings. The number of nitrogens with one attached hydrogen (secondary N) is 1. The first-order valence-corrected chi connectivity index (χ1v) is 19.9. The van der Waals surface area contributed by atoms with Crippen LogP contribution < -0.4 is 11.2 Å². The molecule has 1 fully saturated rings. The van der Waals surface area contributed by atoms with Crippen LogP contribution in [0.15, 0.2) is 135 Å². The number of hydrogen-bond acceptors (Lipinski definition) is 11. The fraction of sp³-hybridized carbons (Fsp3) is 0.282. The Kier molecular flexibility index (Phi) is 12.1. The van der Waals surface area contributed by atoms with Crippen LogP contribution in [0.4, 0.5) is 0 Å². The van der Waals surface area contributed by atoms with Gasteiger partial charge in [0.05, 0.1) is 29.6 Å². The second kappa shape index (κ2) is 16.7. The summed E-state index contributed by atoms with van der Waals surface area (Å²) in [6.45, 7) is 4.41. The number of rotatable bonds is 15. The summed E-state index contributed by atoms with van der Waals surface area (Å²) in [5.74, 6) is 0. The monoisotopic (exact) mass is 776 g/mol. The standard InChI is InChI=1S/C39H40N2O11S2/c1-26-14-18-31(19-15-26)53(44,45)50-25-33(48-23-29-10-6-4-7-11-29)34-35(49-24-30-12-8-5-9-13-30)36(52-54(46,47)32-20-16-27(2)17-21-32)38(51-34)41-22-28(3)37(42)40-39(41)43/h4-22,33-36,38H,23-25H2,1-3H3,(H,40,42,43)/t33-,34-,35-,36-,38-/m1/s1. The van der Waals surface area contributed by atoms with Crippen molar-refractivity contribution in [2.24, 2.45) is 0 Å². The van der Waals surface area contributed by atoms with Gasteiger partial charge in [0.2, 0.25) is 0 Å². The fourth-order valence-corrected chi connectivity index (χ4v) is 7.87. The highest BCUT2D eigenvalue weighted by Crippen LogP contribution is 2.38. The Morgan fingerprint density at radius 2 is 1.24 bits per heavy atom. The normalized spacial score (nSPS) is 19.5. The van der Waals surface area contributed by atoms with E-state index in [2.05, 4.69) is 4.98 Å². The number of nitrogens with zero attached hydrogens (tertiary/aromatic N) is 1. The highest BCUT2D eigenvalue weighted by Gasteiger charge is 2.53. The Labute approximate surface area is 313 Å². The van der Waals surface area contributed by atoms with E-state index in [1.807, 2.05) is 43.3 Å². The van der Waals surface area contributed by atoms with Crippen molar-refractivity contribution in [3.63, 3.8) is 0 Å². The lowest BCUT2D eigenvalue weighted by Crippen LogP contribution is -2.46. The van der Waals surface area contributed by atoms with Crippen molar-refractivity contribution < 1.29 is 39.4 Å². The summed E-state index contributed by atoms with van der Waals surface area (Å²) in [7, 11) is -8.86. The van der Waals surface area contributed by atoms with Gasteiger partial charge >= 0.3 is 5.69 Å². The quantitative estimate of drug-likeness (QED) is 0.146. The van der Waals surface area contributed by atoms with E-state index in [1.54, 1.807) is 55.5 Å². The minimum atomic E-state index is -4.54. The smallest absolute Gasteiger partial charge is 0.330 e. The molecule has 284 valence electrons. The molecule has 5 atom stereocenters. The summed E-state index contributed by atoms with van der Waals surface area (Å²) in [6, 6.07) is 30.2. The SMILES string of the molecule is Cc1ccc(S(=O)(=O)OC[C@@H](OCc2ccccc2)[C@H]2O[C@@H](n3cc(C)c(=O)[nH]c3=O)[C@H](OS(=O)(=O)c3ccc(C)cc3)[C@@H]2OCc2ccccc2)cc1. The first-order chi connectivity index (χ1) is 25.8. The minimum absolute atomic E-state index is 0.0275. The summed E-state index contributed by atoms with van der Waals surface area (Å²) in [5.41, 5.74) is 1.70. The molecule has 0 amide bonds. The molecule has 1 aliphatic rings. The molecule has 0 aliphatic carbocycles. The van der Waals surface area contributed by atoms with Gasteiger partial charge in [-0.05, 0) is 56.2 Å². The van der Waals surface area contributed by atoms with E-state index < -0.39 is 68.7 Å². The highest BCUT2D eigenvalue weighted by atomic mass is 32.2. The number of aryl methyl sites for hydroxylation is 3. The van der Waals surface area contributed by atoms with Gasteiger partial charge in [-0.1, -0.05) is 96.1 Å². The summed E-state index contributed by atoms with van der Waals surface area (Å²) < 4.78 is 86.5. The Balaban J connectivity index is 1.44. The molecule has 0 radical (unpaired) electrons. The molecular weight excluding hydrogens is 737 g/mol. The largest absolute Gasteiger partial charge is 0.368 e. The lowest BCUT2D eigenvalue weighted by Gasteiger charge is -2.29. The van der Waals surface area contributed by atoms with Gasteiger partial charge in [0.1, 0.15) is 18.3 Å². The van der Waals surface area contributed by atoms with Gasteiger partial charge in [-0.25, -0.2) is 4.79 Å². The number of H-pyrrole nitrogens is 1. The lowest BCUT2D eigenvalue weighted by molar-refractivity contribution is -0.134. The van der Waals surface area contributed by atoms with Crippen molar-refractivity contribution in [1.82, 2.24) is 9.55 Å². The second-order valence-corrected chi connectivity index (χ2v) is 16.1. The van der Waals surface area contributed by atoms with Crippen molar-refractivity contribution in [2.75, 3.05) is 6.61 Å². The van der Waals surface area contributed by atoms with Gasteiger partial charge in [-0.3, -0.25) is 22.7 Å². The topological polar surface area (TPSA) is 169 Å². The van der Waals surface area contributed by atoms with Gasteiger partial charge in [0.25, 0.3) is 25.8 Å². The zero-order valence-electron chi connectivity index (χ0n) is 29.7. The van der Waals surface area contributed by atoms with Crippen LogP contribution in [0.25, 0.3) is 0 Å². The number of ether oxygens (including phenoxy) is 3. The van der Waals surface area contributed by atoms with Crippen molar-refractivity contribution in [1.29, 1.82) is 0 Å². The van der Waals surface area contributed by atoms with Gasteiger partial charge in [0, 0.05) is 11.8 Å². The molecule has 6 rings (SSSR count). The number of aromatic amines is 1. The summed E-state index contributed by atoms with van der Waals surface area (Å²) in [5, 5.41) is 0. The van der Waals surface area contributed by atoms with E-state index in [4.69, 9.17) is 22.6 Å². The van der Waals surface area contributed by atoms with Crippen LogP contribution in [0, 0.1) is 20.8 Å². The van der Waals surface area contributed by atoms with Gasteiger partial charge in [-0.2, -0.15) is 16.8 Å². The summed E-state index contributed by atoms with van der Waals surface area (Å²) in [4.78, 5) is 27.7. The molecule has 1 N–H and O–H groups in total. The highest BCUT2D eigenvalue weighted by molar-refractivity contribution is 7.87. The zero-order chi connectivity index (χ0) is 38.5. The van der Waals surface area contributed by atoms with E-state index >= 15 is 0 Å². The van der Waals surface area contributed by atoms with Crippen LogP contribution >= 0.6 is 0 Å². The van der Waals surface area contributed by atoms with E-state index in [0.717, 1.165) is 26.8 Å². The maximum atomic E-state index is 13.9. The van der Waals surface area contributed by atoms with Crippen molar-refractivity contribution in [3.05, 3.63) is 164 Å². The third-order valence-corrected chi connectivity index (χ3v) is 11.5. The van der Waals surface area contributed by atoms with Crippen LogP contribution in [0.5, 0.6) is 0 Å². The third kappa shape index (κ3) is 9.30. The Morgan fingerprint density at radius 3 is 1.81 bits per heavy atom. The maximum absolute atomic E-state index is 13.9. The third-order valence-electron chi connectivity index (χ3n) is 8.85. The molecule has 1 aliphatic heterocycles. The molecule has 15 heteroatoms. The molecule has 1 aromatic heterocycles. The molecule has 4 aromatic carbocycles. The van der Waals surface area contributed by atoms with E-state index in [1.165, 1.54) is 37.4 Å². The summed E-state index contributed by atoms with van der Waals surface area (Å²) >= 11 is 0. The first-order valence-electron chi connectivity index (χ1n) is 17.1. The van der Waals surface area contributed by atoms with Crippen molar-refractivity contribution >= 4 is 20.2 Å². The number of hydrogen-bond donors (Lipinski definition) is 1. The predicted octanol–water partition coefficient (Wildman–Crippen LogP) is 4.71. The predicted molar refractivity (Wildman–Crippen MR) is 198 cm³/mol. The van der Waals surface area contributed by atoms with E-state index in [0.29, 0.717) is 0 Å². The molecule has 54 heavy (non-hydrogen) atoms. The average Bonchev–Trinajstić information content (AvgIpc) is 3.49. The van der Waals surface area contributed by atoms with E-state index in [-0.39, 0.29) is 28.6 Å². The average molecular weight is 777 g/mol. The molecule has 2 heterocycles. The molecular formula is C39H40N2O11S2. The second-order valence-electron chi connectivity index (χ2n) is 12.9. The number of aromatic nitrogens is 2. The lowest BCUT2D eigenvalue weighted by atomic mass is 10.0. The van der Waals surface area contributed by atoms with Crippen LogP contribution in [-0.4, -0.2) is 57.4 Å². The van der Waals surface area contributed by atoms with Gasteiger partial charge in [0.15, 0.2) is 12.3 Å². The molecule has 1 saturated heterocycles. The van der Waals surface area contributed by atoms with Crippen LogP contribution in [-0.2, 0) is 56.0 Å². The van der Waals surface area contributed by atoms with Crippen LogP contribution in [0.2, 0.25) is 0 Å². The molecule has 13 nitrogen and oxygen atoms in total. The molecule has 0 saturated carbocycles. The zero-order valence-corrected chi connectivity index (χ0v) is 31.4. The van der Waals surface area contributed by atoms with Crippen molar-refractivity contribution in [3.8, 4) is 0 Å². The van der Waals surface area contributed by atoms with Gasteiger partial charge in [-0.15, -0.1) is 0 Å². The Hall–Kier alpha value is -4.74. The van der Waals surface area contributed by atoms with Crippen LogP contribution in [0.3, 0.4) is 0 Å². The Morgan fingerprint density at radius 1 is 0.704 bits per heavy atom. The molecule has 0 spiro atoms. The van der Waals surface area contributed by atoms with Gasteiger partial charge < -0.3 is 14.2 Å². The molecule has 0 unspecified atom stereocenters. The van der Waals surface area contributed by atoms with Crippen molar-refractivity contribution in [2.45, 2.75) is 74.4 Å². The number of benzene rings is 4.